The number of anilines is 1. The molecule has 1 heterocycles. The van der Waals surface area contributed by atoms with Crippen LogP contribution in [-0.4, -0.2) is 10.5 Å². The molecule has 0 bridgehead atoms. The molecular weight excluding hydrogens is 212 g/mol. The number of nitrogens with zero attached hydrogens (tertiary/aromatic N) is 1. The van der Waals surface area contributed by atoms with Crippen LogP contribution in [-0.2, 0) is 11.8 Å². The van der Waals surface area contributed by atoms with Crippen LogP contribution < -0.4 is 5.32 Å². The van der Waals surface area contributed by atoms with E-state index < -0.39 is 0 Å². The van der Waals surface area contributed by atoms with Crippen LogP contribution in [0, 0.1) is 5.92 Å². The highest BCUT2D eigenvalue weighted by Gasteiger charge is 2.10. The molecule has 0 aliphatic rings. The van der Waals surface area contributed by atoms with Gasteiger partial charge in [0.15, 0.2) is 0 Å². The Bertz CT molecular complexity index is 542. The fourth-order valence-corrected chi connectivity index (χ4v) is 1.81. The number of carbonyl (C=O) groups is 1. The molecule has 90 valence electrons. The lowest BCUT2D eigenvalue weighted by Crippen LogP contribution is -2.19. The fraction of sp³-hybridized carbons (Fsp3) is 0.357. The summed E-state index contributed by atoms with van der Waals surface area (Å²) in [5, 5.41) is 4.09. The maximum atomic E-state index is 11.8. The lowest BCUT2D eigenvalue weighted by Gasteiger charge is -2.10. The monoisotopic (exact) mass is 230 g/mol. The molecule has 0 aliphatic carbocycles. The predicted octanol–water partition coefficient (Wildman–Crippen LogP) is 3.16. The molecule has 1 aromatic carbocycles. The van der Waals surface area contributed by atoms with Crippen molar-refractivity contribution in [3.05, 3.63) is 30.5 Å². The van der Waals surface area contributed by atoms with Crippen LogP contribution in [0.4, 0.5) is 5.69 Å². The normalized spacial score (nSPS) is 12.6. The van der Waals surface area contributed by atoms with Crippen LogP contribution in [0.3, 0.4) is 0 Å². The smallest absolute Gasteiger partial charge is 0.227 e. The molecular formula is C14H18N2O. The predicted molar refractivity (Wildman–Crippen MR) is 71.0 cm³/mol. The number of nitrogens with one attached hydrogen (secondary N) is 1. The van der Waals surface area contributed by atoms with E-state index in [1.54, 1.807) is 0 Å². The third-order valence-electron chi connectivity index (χ3n) is 3.21. The second-order valence-electron chi connectivity index (χ2n) is 4.50. The number of hydrogen-bond acceptors (Lipinski definition) is 1. The molecule has 1 N–H and O–H groups in total. The molecule has 1 unspecified atom stereocenters. The molecule has 0 aliphatic heterocycles. The number of aryl methyl sites for hydroxylation is 1. The zero-order valence-electron chi connectivity index (χ0n) is 10.5. The Labute approximate surface area is 101 Å². The standard InChI is InChI=1S/C14H18N2O/c1-4-10(2)14(17)15-12-5-6-13-11(9-12)7-8-16(13)3/h5-10H,4H2,1-3H3,(H,15,17). The lowest BCUT2D eigenvalue weighted by molar-refractivity contribution is -0.119. The first kappa shape index (κ1) is 11.7. The molecule has 2 aromatic rings. The summed E-state index contributed by atoms with van der Waals surface area (Å²) in [4.78, 5) is 11.8. The lowest BCUT2D eigenvalue weighted by atomic mass is 10.1. The van der Waals surface area contributed by atoms with Crippen LogP contribution >= 0.6 is 0 Å². The van der Waals surface area contributed by atoms with Gasteiger partial charge in [0.25, 0.3) is 0 Å². The second kappa shape index (κ2) is 4.62. The van der Waals surface area contributed by atoms with Crippen molar-refractivity contribution in [2.75, 3.05) is 5.32 Å². The van der Waals surface area contributed by atoms with Gasteiger partial charge < -0.3 is 9.88 Å². The molecule has 3 nitrogen and oxygen atoms in total. The number of hydrogen-bond donors (Lipinski definition) is 1. The number of aromatic nitrogens is 1. The zero-order valence-corrected chi connectivity index (χ0v) is 10.5. The summed E-state index contributed by atoms with van der Waals surface area (Å²) >= 11 is 0. The van der Waals surface area contributed by atoms with Crippen molar-refractivity contribution in [3.63, 3.8) is 0 Å². The molecule has 1 amide bonds. The average Bonchev–Trinajstić information content (AvgIpc) is 2.69. The van der Waals surface area contributed by atoms with E-state index in [1.807, 2.05) is 51.4 Å². The van der Waals surface area contributed by atoms with Crippen molar-refractivity contribution in [2.45, 2.75) is 20.3 Å². The van der Waals surface area contributed by atoms with E-state index in [2.05, 4.69) is 9.88 Å². The second-order valence-corrected chi connectivity index (χ2v) is 4.50. The average molecular weight is 230 g/mol. The first-order valence-corrected chi connectivity index (χ1v) is 5.97. The number of amides is 1. The largest absolute Gasteiger partial charge is 0.351 e. The van der Waals surface area contributed by atoms with E-state index in [-0.39, 0.29) is 11.8 Å². The molecule has 1 aromatic heterocycles. The van der Waals surface area contributed by atoms with Crippen LogP contribution in [0.1, 0.15) is 20.3 Å². The molecule has 0 spiro atoms. The van der Waals surface area contributed by atoms with Gasteiger partial charge in [-0.15, -0.1) is 0 Å². The van der Waals surface area contributed by atoms with Crippen LogP contribution in [0.5, 0.6) is 0 Å². The van der Waals surface area contributed by atoms with E-state index in [4.69, 9.17) is 0 Å². The Hall–Kier alpha value is -1.77. The van der Waals surface area contributed by atoms with Gasteiger partial charge in [0.1, 0.15) is 0 Å². The summed E-state index contributed by atoms with van der Waals surface area (Å²) in [6.07, 6.45) is 2.88. The Balaban J connectivity index is 2.22. The van der Waals surface area contributed by atoms with E-state index in [0.29, 0.717) is 0 Å². The third-order valence-corrected chi connectivity index (χ3v) is 3.21. The van der Waals surface area contributed by atoms with Crippen molar-refractivity contribution in [1.29, 1.82) is 0 Å². The van der Waals surface area contributed by atoms with Crippen LogP contribution in [0.2, 0.25) is 0 Å². The van der Waals surface area contributed by atoms with Crippen molar-refractivity contribution in [2.24, 2.45) is 13.0 Å². The van der Waals surface area contributed by atoms with Crippen LogP contribution in [0.15, 0.2) is 30.5 Å². The maximum Gasteiger partial charge on any atom is 0.227 e. The van der Waals surface area contributed by atoms with Gasteiger partial charge in [0.2, 0.25) is 5.91 Å². The molecule has 0 saturated carbocycles. The summed E-state index contributed by atoms with van der Waals surface area (Å²) in [5.41, 5.74) is 2.04. The summed E-state index contributed by atoms with van der Waals surface area (Å²) in [6.45, 7) is 3.96. The van der Waals surface area contributed by atoms with E-state index in [0.717, 1.165) is 17.5 Å². The molecule has 2 rings (SSSR count). The zero-order chi connectivity index (χ0) is 12.4. The van der Waals surface area contributed by atoms with Gasteiger partial charge in [0.05, 0.1) is 0 Å². The Morgan fingerprint density at radius 2 is 2.18 bits per heavy atom. The highest BCUT2D eigenvalue weighted by atomic mass is 16.1. The van der Waals surface area contributed by atoms with E-state index in [1.165, 1.54) is 5.52 Å². The number of fused-ring (bicyclic) bond motifs is 1. The van der Waals surface area contributed by atoms with Crippen molar-refractivity contribution < 1.29 is 4.79 Å². The highest BCUT2D eigenvalue weighted by Crippen LogP contribution is 2.20. The number of rotatable bonds is 3. The summed E-state index contributed by atoms with van der Waals surface area (Å²) < 4.78 is 2.07. The van der Waals surface area contributed by atoms with Crippen molar-refractivity contribution in [3.8, 4) is 0 Å². The van der Waals surface area contributed by atoms with Crippen molar-refractivity contribution >= 4 is 22.5 Å². The van der Waals surface area contributed by atoms with Gasteiger partial charge in [-0.1, -0.05) is 13.8 Å². The molecule has 17 heavy (non-hydrogen) atoms. The summed E-state index contributed by atoms with van der Waals surface area (Å²) in [5.74, 6) is 0.143. The first-order valence-electron chi connectivity index (χ1n) is 5.97. The molecule has 0 saturated heterocycles. The SMILES string of the molecule is CCC(C)C(=O)Nc1ccc2c(ccn2C)c1. The van der Waals surface area contributed by atoms with E-state index in [9.17, 15) is 4.79 Å². The highest BCUT2D eigenvalue weighted by molar-refractivity contribution is 5.95. The minimum absolute atomic E-state index is 0.0569. The van der Waals surface area contributed by atoms with E-state index >= 15 is 0 Å². The van der Waals surface area contributed by atoms with Gasteiger partial charge in [-0.25, -0.2) is 0 Å². The van der Waals surface area contributed by atoms with Gasteiger partial charge in [-0.2, -0.15) is 0 Å². The van der Waals surface area contributed by atoms with Crippen LogP contribution in [0.25, 0.3) is 10.9 Å². The molecule has 3 heteroatoms. The van der Waals surface area contributed by atoms with Gasteiger partial charge in [-0.05, 0) is 30.7 Å². The number of benzene rings is 1. The van der Waals surface area contributed by atoms with Gasteiger partial charge in [0, 0.05) is 35.8 Å². The Morgan fingerprint density at radius 3 is 2.88 bits per heavy atom. The summed E-state index contributed by atoms with van der Waals surface area (Å²) in [6, 6.07) is 8.04. The molecule has 0 fully saturated rings. The topological polar surface area (TPSA) is 34.0 Å². The Morgan fingerprint density at radius 1 is 1.41 bits per heavy atom. The third kappa shape index (κ3) is 2.33. The quantitative estimate of drug-likeness (QED) is 0.863. The molecule has 1 atom stereocenters. The maximum absolute atomic E-state index is 11.8. The minimum Gasteiger partial charge on any atom is -0.351 e. The van der Waals surface area contributed by atoms with Crippen molar-refractivity contribution in [1.82, 2.24) is 4.57 Å². The summed E-state index contributed by atoms with van der Waals surface area (Å²) in [7, 11) is 2.01. The molecule has 0 radical (unpaired) electrons. The Kier molecular flexibility index (Phi) is 3.18. The first-order chi connectivity index (χ1) is 8.11. The van der Waals surface area contributed by atoms with Gasteiger partial charge in [-0.3, -0.25) is 4.79 Å². The minimum atomic E-state index is 0.0569. The van der Waals surface area contributed by atoms with Gasteiger partial charge >= 0.3 is 0 Å². The number of carbonyl (C=O) groups excluding carboxylic acids is 1. The fourth-order valence-electron chi connectivity index (χ4n) is 1.81.